The van der Waals surface area contributed by atoms with E-state index in [1.165, 1.54) is 23.6 Å². The minimum absolute atomic E-state index is 0.00819. The first-order valence-corrected chi connectivity index (χ1v) is 24.6. The fourth-order valence-corrected chi connectivity index (χ4v) is 9.14. The zero-order valence-electron chi connectivity index (χ0n) is 41.9. The topological polar surface area (TPSA) is 329 Å². The van der Waals surface area contributed by atoms with E-state index in [2.05, 4.69) is 26.6 Å². The van der Waals surface area contributed by atoms with Crippen LogP contribution in [0.4, 0.5) is 10.5 Å². The first-order valence-electron chi connectivity index (χ1n) is 24.6. The number of hydrogen-bond acceptors (Lipinski definition) is 16. The molecule has 24 heteroatoms. The number of carboxylic acid groups (broad SMARTS) is 1. The molecule has 0 saturated heterocycles. The van der Waals surface area contributed by atoms with Crippen molar-refractivity contribution in [2.75, 3.05) is 18.7 Å². The summed E-state index contributed by atoms with van der Waals surface area (Å²) in [5, 5.41) is 34.4. The molecule has 0 radical (unpaired) electrons. The average molecular weight is 1050 g/mol. The van der Waals surface area contributed by atoms with E-state index >= 15 is 0 Å². The van der Waals surface area contributed by atoms with E-state index in [0.29, 0.717) is 56.9 Å². The summed E-state index contributed by atoms with van der Waals surface area (Å²) in [7, 11) is 0. The maximum absolute atomic E-state index is 13.9. The van der Waals surface area contributed by atoms with Gasteiger partial charge in [0.1, 0.15) is 31.3 Å². The minimum Gasteiger partial charge on any atom is -0.481 e. The van der Waals surface area contributed by atoms with Gasteiger partial charge in [0, 0.05) is 66.4 Å². The third-order valence-electron chi connectivity index (χ3n) is 13.5. The Morgan fingerprint density at radius 1 is 0.816 bits per heavy atom. The van der Waals surface area contributed by atoms with E-state index < -0.39 is 89.2 Å². The summed E-state index contributed by atoms with van der Waals surface area (Å²) in [6.45, 7) is 6.07. The molecule has 2 aromatic heterocycles. The molecule has 0 spiro atoms. The van der Waals surface area contributed by atoms with Gasteiger partial charge in [-0.15, -0.1) is 0 Å². The van der Waals surface area contributed by atoms with Crippen molar-refractivity contribution in [3.8, 4) is 22.9 Å². The van der Waals surface area contributed by atoms with Crippen molar-refractivity contribution in [1.29, 1.82) is 0 Å². The van der Waals surface area contributed by atoms with Gasteiger partial charge in [-0.05, 0) is 73.9 Å². The molecule has 2 aromatic carbocycles. The van der Waals surface area contributed by atoms with Crippen molar-refractivity contribution < 1.29 is 72.3 Å². The van der Waals surface area contributed by atoms with Gasteiger partial charge >= 0.3 is 18.0 Å². The maximum atomic E-state index is 13.9. The first kappa shape index (κ1) is 53.6. The number of carbonyl (C=O) groups is 9. The summed E-state index contributed by atoms with van der Waals surface area (Å²) in [6, 6.07) is 7.48. The van der Waals surface area contributed by atoms with E-state index in [0.717, 1.165) is 17.1 Å². The van der Waals surface area contributed by atoms with Gasteiger partial charge in [0.25, 0.3) is 17.4 Å². The molecule has 4 atom stereocenters. The third-order valence-corrected chi connectivity index (χ3v) is 13.5. The van der Waals surface area contributed by atoms with Crippen molar-refractivity contribution in [2.24, 2.45) is 5.92 Å². The number of nitrogens with zero attached hydrogens (tertiary/aromatic N) is 3. The van der Waals surface area contributed by atoms with Gasteiger partial charge in [-0.2, -0.15) is 0 Å². The second kappa shape index (κ2) is 22.4. The van der Waals surface area contributed by atoms with Gasteiger partial charge in [0.15, 0.2) is 17.1 Å². The van der Waals surface area contributed by atoms with Gasteiger partial charge in [0.2, 0.25) is 30.4 Å². The Morgan fingerprint density at radius 3 is 2.20 bits per heavy atom. The monoisotopic (exact) mass is 1050 g/mol. The summed E-state index contributed by atoms with van der Waals surface area (Å²) >= 11 is 0. The lowest BCUT2D eigenvalue weighted by Gasteiger charge is -2.31. The number of aliphatic carboxylic acids is 1. The van der Waals surface area contributed by atoms with Crippen molar-refractivity contribution in [3.05, 3.63) is 92.8 Å². The van der Waals surface area contributed by atoms with Crippen molar-refractivity contribution >= 4 is 70.1 Å². The summed E-state index contributed by atoms with van der Waals surface area (Å²) in [4.78, 5) is 134. The summed E-state index contributed by atoms with van der Waals surface area (Å²) in [5.41, 5.74) is 1.05. The number of ether oxygens (including phenoxy) is 4. The molecule has 76 heavy (non-hydrogen) atoms. The van der Waals surface area contributed by atoms with E-state index in [1.54, 1.807) is 37.3 Å². The van der Waals surface area contributed by atoms with Crippen molar-refractivity contribution in [3.63, 3.8) is 0 Å². The third kappa shape index (κ3) is 11.5. The minimum atomic E-state index is -2.03. The number of esters is 1. The highest BCUT2D eigenvalue weighted by Gasteiger charge is 2.46. The number of carboxylic acids is 1. The molecule has 0 aliphatic carbocycles. The molecule has 4 aliphatic rings. The predicted octanol–water partition coefficient (Wildman–Crippen LogP) is 2.26. The number of aliphatic hydroxyl groups is 1. The van der Waals surface area contributed by atoms with Crippen molar-refractivity contribution in [2.45, 2.75) is 116 Å². The molecule has 7 N–H and O–H groups in total. The molecule has 8 rings (SSSR count). The molecule has 400 valence electrons. The molecule has 0 fully saturated rings. The van der Waals surface area contributed by atoms with Crippen LogP contribution in [0.3, 0.4) is 0 Å². The molecular weight excluding hydrogens is 993 g/mol. The Labute approximate surface area is 433 Å². The van der Waals surface area contributed by atoms with E-state index in [1.807, 2.05) is 13.8 Å². The van der Waals surface area contributed by atoms with Gasteiger partial charge < -0.3 is 60.3 Å². The number of benzene rings is 2. The van der Waals surface area contributed by atoms with Crippen LogP contribution in [-0.2, 0) is 79.7 Å². The van der Waals surface area contributed by atoms with E-state index in [9.17, 15) is 58.2 Å². The highest BCUT2D eigenvalue weighted by atomic mass is 16.7. The zero-order chi connectivity index (χ0) is 54.6. The van der Waals surface area contributed by atoms with Crippen LogP contribution in [0.25, 0.3) is 22.3 Å². The number of fused-ring (bicyclic) bond motifs is 6. The predicted molar refractivity (Wildman–Crippen MR) is 266 cm³/mol. The fraction of sp³-hybridized carbons (Fsp3) is 0.404. The first-order chi connectivity index (χ1) is 36.2. The fourth-order valence-electron chi connectivity index (χ4n) is 9.14. The Kier molecular flexibility index (Phi) is 15.8. The standard InChI is InChI=1S/C52H56N8O16/c1-5-52(72)34-19-38-45-32(22-60(38)49(69)33(34)24-73-50(52)70)31(30-18-39-40(76-25-75-39)20-37(30)57-45)21-53-51(71)74-23-28-7-9-29(10-8-28)55-48(68)36(12-15-44(64)65)58-46(66)27(4)54-47(67)35(11-6-26(2)3)56-41(61)16-17-59-42(62)13-14-43(59)63/h7-10,13-14,18-20,26-27,35-36,72H,5-6,11-12,15-17,21-25H2,1-4H3,(H,53,71)(H,54,67)(H,55,68)(H,56,61)(H,58,66)(H,64,65)/t27-,35+,36-,52-/m0/s1. The van der Waals surface area contributed by atoms with Gasteiger partial charge in [0.05, 0.1) is 29.0 Å². The normalized spacial score (nSPS) is 17.0. The number of amides is 7. The number of pyridine rings is 2. The number of cyclic esters (lactones) is 1. The van der Waals surface area contributed by atoms with Crippen LogP contribution in [0.1, 0.15) is 94.0 Å². The molecular formula is C52H56N8O16. The molecule has 0 saturated carbocycles. The van der Waals surface area contributed by atoms with Crippen LogP contribution >= 0.6 is 0 Å². The van der Waals surface area contributed by atoms with Gasteiger partial charge in [-0.3, -0.25) is 43.3 Å². The van der Waals surface area contributed by atoms with Gasteiger partial charge in [-0.25, -0.2) is 14.6 Å². The number of imide groups is 1. The number of alkyl carbamates (subject to hydrolysis) is 1. The molecule has 6 heterocycles. The Morgan fingerprint density at radius 2 is 1.51 bits per heavy atom. The SMILES string of the molecule is CC[C@@]1(O)C(=O)OCc2c1cc1n(c2=O)Cc2c-1nc1cc3c(cc1c2CNC(=O)OCc1ccc(NC(=O)[C@H](CCC(=O)O)NC(=O)[C@H](C)NC(=O)[C@@H](CCC(C)C)NC(=O)CCN2C(=O)C=CC2=O)cc1)OCO3. The lowest BCUT2D eigenvalue weighted by molar-refractivity contribution is -0.172. The average Bonchev–Trinajstić information content (AvgIpc) is 4.10. The second-order valence-electron chi connectivity index (χ2n) is 19.1. The van der Waals surface area contributed by atoms with Crippen LogP contribution in [0.15, 0.2) is 59.4 Å². The van der Waals surface area contributed by atoms with Crippen LogP contribution in [0.2, 0.25) is 0 Å². The summed E-state index contributed by atoms with van der Waals surface area (Å²) in [6.07, 6.45) is 1.02. The number of rotatable bonds is 21. The molecule has 4 aliphatic heterocycles. The number of nitrogens with one attached hydrogen (secondary N) is 5. The number of anilines is 1. The number of hydrogen-bond donors (Lipinski definition) is 7. The zero-order valence-corrected chi connectivity index (χ0v) is 41.9. The second-order valence-corrected chi connectivity index (χ2v) is 19.1. The quantitative estimate of drug-likeness (QED) is 0.0409. The highest BCUT2D eigenvalue weighted by molar-refractivity contribution is 6.13. The summed E-state index contributed by atoms with van der Waals surface area (Å²) in [5.74, 6) is -5.02. The largest absolute Gasteiger partial charge is 0.481 e. The maximum Gasteiger partial charge on any atom is 0.407 e. The Bertz CT molecular complexity index is 3130. The lowest BCUT2D eigenvalue weighted by atomic mass is 9.86. The van der Waals surface area contributed by atoms with E-state index in [-0.39, 0.29) is 88.1 Å². The van der Waals surface area contributed by atoms with Crippen molar-refractivity contribution in [1.82, 2.24) is 35.7 Å². The molecule has 0 unspecified atom stereocenters. The van der Waals surface area contributed by atoms with Gasteiger partial charge in [-0.1, -0.05) is 32.9 Å². The Balaban J connectivity index is 0.878. The molecule has 0 bridgehead atoms. The molecule has 7 amide bonds. The van der Waals surface area contributed by atoms with Crippen LogP contribution in [-0.4, -0.2) is 110 Å². The molecule has 4 aromatic rings. The van der Waals surface area contributed by atoms with Crippen LogP contribution in [0, 0.1) is 5.92 Å². The van der Waals surface area contributed by atoms with Crippen LogP contribution in [0.5, 0.6) is 11.5 Å². The smallest absolute Gasteiger partial charge is 0.407 e. The number of aromatic nitrogens is 2. The van der Waals surface area contributed by atoms with E-state index in [4.69, 9.17) is 23.9 Å². The Hall–Kier alpha value is -8.67. The summed E-state index contributed by atoms with van der Waals surface area (Å²) < 4.78 is 23.5. The lowest BCUT2D eigenvalue weighted by Crippen LogP contribution is -2.55. The molecule has 24 nitrogen and oxygen atoms in total. The number of carbonyl (C=O) groups excluding carboxylic acids is 8. The highest BCUT2D eigenvalue weighted by Crippen LogP contribution is 2.43. The van der Waals surface area contributed by atoms with Crippen LogP contribution < -0.4 is 41.6 Å².